The summed E-state index contributed by atoms with van der Waals surface area (Å²) in [5.74, 6) is -0.546. The first kappa shape index (κ1) is 14.6. The van der Waals surface area contributed by atoms with Gasteiger partial charge in [0.1, 0.15) is 5.75 Å². The molecular formula is C15H22O3. The summed E-state index contributed by atoms with van der Waals surface area (Å²) in [6.07, 6.45) is 3.89. The summed E-state index contributed by atoms with van der Waals surface area (Å²) in [4.78, 5) is 11.1. The van der Waals surface area contributed by atoms with Crippen molar-refractivity contribution in [2.75, 3.05) is 0 Å². The van der Waals surface area contributed by atoms with Gasteiger partial charge in [-0.1, -0.05) is 38.8 Å². The molecule has 0 aliphatic carbocycles. The van der Waals surface area contributed by atoms with Crippen LogP contribution in [0.1, 0.15) is 51.5 Å². The largest absolute Gasteiger partial charge is 0.508 e. The molecule has 1 aromatic carbocycles. The van der Waals surface area contributed by atoms with E-state index in [2.05, 4.69) is 6.92 Å². The molecule has 1 unspecified atom stereocenters. The Labute approximate surface area is 108 Å². The number of phenols is 1. The van der Waals surface area contributed by atoms with Crippen molar-refractivity contribution in [1.82, 2.24) is 0 Å². The molecule has 0 saturated carbocycles. The summed E-state index contributed by atoms with van der Waals surface area (Å²) in [5.41, 5.74) is 0.703. The average molecular weight is 250 g/mol. The van der Waals surface area contributed by atoms with E-state index in [4.69, 9.17) is 5.11 Å². The first-order valence-corrected chi connectivity index (χ1v) is 6.55. The van der Waals surface area contributed by atoms with Crippen LogP contribution in [0.25, 0.3) is 0 Å². The van der Waals surface area contributed by atoms with Crippen LogP contribution in [0, 0.1) is 0 Å². The highest BCUT2D eigenvalue weighted by molar-refractivity contribution is 5.69. The molecule has 0 aliphatic rings. The highest BCUT2D eigenvalue weighted by Crippen LogP contribution is 2.37. The van der Waals surface area contributed by atoms with E-state index in [-0.39, 0.29) is 17.6 Å². The standard InChI is InChI=1S/C15H22O3/c1-3-5-10-15(4-2,11-14(17)18)12-6-8-13(16)9-7-12/h6-9,16H,3-5,10-11H2,1-2H3,(H,17,18). The Kier molecular flexibility index (Phi) is 5.20. The molecule has 1 aromatic rings. The lowest BCUT2D eigenvalue weighted by atomic mass is 9.72. The van der Waals surface area contributed by atoms with Gasteiger partial charge in [-0.25, -0.2) is 0 Å². The molecule has 0 heterocycles. The third-order valence-corrected chi connectivity index (χ3v) is 3.65. The van der Waals surface area contributed by atoms with Gasteiger partial charge in [-0.2, -0.15) is 0 Å². The van der Waals surface area contributed by atoms with E-state index in [1.54, 1.807) is 12.1 Å². The topological polar surface area (TPSA) is 57.5 Å². The highest BCUT2D eigenvalue weighted by atomic mass is 16.4. The lowest BCUT2D eigenvalue weighted by Crippen LogP contribution is -2.28. The number of aliphatic carboxylic acids is 1. The maximum atomic E-state index is 11.1. The molecule has 0 spiro atoms. The van der Waals surface area contributed by atoms with E-state index in [0.29, 0.717) is 0 Å². The number of carbonyl (C=O) groups is 1. The zero-order valence-electron chi connectivity index (χ0n) is 11.1. The normalized spacial score (nSPS) is 14.1. The monoisotopic (exact) mass is 250 g/mol. The minimum Gasteiger partial charge on any atom is -0.508 e. The summed E-state index contributed by atoms with van der Waals surface area (Å²) < 4.78 is 0. The zero-order valence-corrected chi connectivity index (χ0v) is 11.1. The molecule has 0 aromatic heterocycles. The predicted octanol–water partition coefficient (Wildman–Crippen LogP) is 3.70. The Bertz CT molecular complexity index is 383. The average Bonchev–Trinajstić information content (AvgIpc) is 2.35. The Balaban J connectivity index is 3.07. The molecule has 0 aliphatic heterocycles. The van der Waals surface area contributed by atoms with Crippen molar-refractivity contribution in [3.63, 3.8) is 0 Å². The highest BCUT2D eigenvalue weighted by Gasteiger charge is 2.32. The predicted molar refractivity (Wildman–Crippen MR) is 71.9 cm³/mol. The smallest absolute Gasteiger partial charge is 0.304 e. The first-order chi connectivity index (χ1) is 8.54. The van der Waals surface area contributed by atoms with E-state index in [1.165, 1.54) is 0 Å². The van der Waals surface area contributed by atoms with Crippen molar-refractivity contribution in [3.05, 3.63) is 29.8 Å². The van der Waals surface area contributed by atoms with Crippen molar-refractivity contribution >= 4 is 5.97 Å². The minimum absolute atomic E-state index is 0.147. The van der Waals surface area contributed by atoms with Crippen LogP contribution in [0.3, 0.4) is 0 Å². The van der Waals surface area contributed by atoms with Gasteiger partial charge in [0.25, 0.3) is 0 Å². The third kappa shape index (κ3) is 3.49. The fourth-order valence-electron chi connectivity index (χ4n) is 2.46. The molecule has 1 atom stereocenters. The Morgan fingerprint density at radius 1 is 1.22 bits per heavy atom. The van der Waals surface area contributed by atoms with Gasteiger partial charge < -0.3 is 10.2 Å². The number of hydrogen-bond donors (Lipinski definition) is 2. The van der Waals surface area contributed by atoms with Crippen molar-refractivity contribution in [2.24, 2.45) is 0 Å². The van der Waals surface area contributed by atoms with Crippen LogP contribution in [0.15, 0.2) is 24.3 Å². The second-order valence-electron chi connectivity index (χ2n) is 4.85. The number of unbranched alkanes of at least 4 members (excludes halogenated alkanes) is 1. The number of carboxylic acids is 1. The van der Waals surface area contributed by atoms with Crippen LogP contribution in [-0.2, 0) is 10.2 Å². The summed E-state index contributed by atoms with van der Waals surface area (Å²) in [6, 6.07) is 6.95. The van der Waals surface area contributed by atoms with Crippen LogP contribution >= 0.6 is 0 Å². The van der Waals surface area contributed by atoms with Crippen molar-refractivity contribution in [2.45, 2.75) is 51.4 Å². The van der Waals surface area contributed by atoms with Gasteiger partial charge in [0, 0.05) is 5.41 Å². The second kappa shape index (κ2) is 6.43. The Hall–Kier alpha value is -1.51. The molecule has 3 nitrogen and oxygen atoms in total. The van der Waals surface area contributed by atoms with E-state index in [9.17, 15) is 9.90 Å². The third-order valence-electron chi connectivity index (χ3n) is 3.65. The van der Waals surface area contributed by atoms with Gasteiger partial charge in [-0.05, 0) is 30.5 Å². The zero-order chi connectivity index (χ0) is 13.6. The van der Waals surface area contributed by atoms with Crippen LogP contribution in [0.5, 0.6) is 5.75 Å². The maximum Gasteiger partial charge on any atom is 0.304 e. The molecule has 2 N–H and O–H groups in total. The molecule has 0 bridgehead atoms. The number of rotatable bonds is 7. The van der Waals surface area contributed by atoms with Crippen LogP contribution in [-0.4, -0.2) is 16.2 Å². The van der Waals surface area contributed by atoms with E-state index in [1.807, 2.05) is 19.1 Å². The molecule has 0 saturated heterocycles. The maximum absolute atomic E-state index is 11.1. The quantitative estimate of drug-likeness (QED) is 0.775. The molecule has 1 rings (SSSR count). The van der Waals surface area contributed by atoms with Crippen LogP contribution < -0.4 is 0 Å². The lowest BCUT2D eigenvalue weighted by molar-refractivity contribution is -0.138. The van der Waals surface area contributed by atoms with Crippen molar-refractivity contribution < 1.29 is 15.0 Å². The summed E-state index contributed by atoms with van der Waals surface area (Å²) in [6.45, 7) is 4.14. The van der Waals surface area contributed by atoms with Gasteiger partial charge in [-0.15, -0.1) is 0 Å². The summed E-state index contributed by atoms with van der Waals surface area (Å²) in [7, 11) is 0. The first-order valence-electron chi connectivity index (χ1n) is 6.55. The second-order valence-corrected chi connectivity index (χ2v) is 4.85. The number of hydrogen-bond acceptors (Lipinski definition) is 2. The Morgan fingerprint density at radius 3 is 2.28 bits per heavy atom. The van der Waals surface area contributed by atoms with Crippen molar-refractivity contribution in [3.8, 4) is 5.75 Å². The fourth-order valence-corrected chi connectivity index (χ4v) is 2.46. The van der Waals surface area contributed by atoms with Gasteiger partial charge in [0.05, 0.1) is 6.42 Å². The number of phenolic OH excluding ortho intramolecular Hbond substituents is 1. The van der Waals surface area contributed by atoms with Crippen molar-refractivity contribution in [1.29, 1.82) is 0 Å². The summed E-state index contributed by atoms with van der Waals surface area (Å²) in [5, 5.41) is 18.5. The van der Waals surface area contributed by atoms with Crippen LogP contribution in [0.2, 0.25) is 0 Å². The molecule has 100 valence electrons. The van der Waals surface area contributed by atoms with Gasteiger partial charge >= 0.3 is 5.97 Å². The van der Waals surface area contributed by atoms with Gasteiger partial charge in [0.15, 0.2) is 0 Å². The number of carboxylic acid groups (broad SMARTS) is 1. The molecule has 18 heavy (non-hydrogen) atoms. The lowest BCUT2D eigenvalue weighted by Gasteiger charge is -2.32. The molecule has 0 fully saturated rings. The number of aromatic hydroxyl groups is 1. The molecule has 0 amide bonds. The molecular weight excluding hydrogens is 228 g/mol. The fraction of sp³-hybridized carbons (Fsp3) is 0.533. The summed E-state index contributed by atoms with van der Waals surface area (Å²) >= 11 is 0. The SMILES string of the molecule is CCCCC(CC)(CC(=O)O)c1ccc(O)cc1. The van der Waals surface area contributed by atoms with E-state index >= 15 is 0 Å². The van der Waals surface area contributed by atoms with E-state index < -0.39 is 5.97 Å². The number of benzene rings is 1. The van der Waals surface area contributed by atoms with Crippen LogP contribution in [0.4, 0.5) is 0 Å². The molecule has 0 radical (unpaired) electrons. The van der Waals surface area contributed by atoms with Gasteiger partial charge in [-0.3, -0.25) is 4.79 Å². The van der Waals surface area contributed by atoms with E-state index in [0.717, 1.165) is 31.2 Å². The molecule has 3 heteroatoms. The minimum atomic E-state index is -0.763. The van der Waals surface area contributed by atoms with Gasteiger partial charge in [0.2, 0.25) is 0 Å². The Morgan fingerprint density at radius 2 is 1.83 bits per heavy atom.